The summed E-state index contributed by atoms with van der Waals surface area (Å²) in [7, 11) is 1.73. The maximum Gasteiger partial charge on any atom is 0.323 e. The van der Waals surface area contributed by atoms with Crippen LogP contribution in [-0.2, 0) is 4.79 Å². The van der Waals surface area contributed by atoms with Crippen molar-refractivity contribution in [3.8, 4) is 0 Å². The number of carbonyl (C=O) groups is 1. The summed E-state index contributed by atoms with van der Waals surface area (Å²) in [6, 6.07) is 0. The molecule has 0 aromatic rings. The van der Waals surface area contributed by atoms with Crippen LogP contribution in [0.3, 0.4) is 0 Å². The van der Waals surface area contributed by atoms with E-state index in [0.29, 0.717) is 6.42 Å². The lowest BCUT2D eigenvalue weighted by molar-refractivity contribution is -0.144. The molecule has 20 heavy (non-hydrogen) atoms. The van der Waals surface area contributed by atoms with E-state index in [0.717, 1.165) is 24.8 Å². The molecule has 0 aliphatic carbocycles. The van der Waals surface area contributed by atoms with Gasteiger partial charge in [-0.05, 0) is 77.5 Å². The van der Waals surface area contributed by atoms with E-state index in [1.807, 2.05) is 0 Å². The third-order valence-electron chi connectivity index (χ3n) is 4.98. The number of carboxylic acid groups (broad SMARTS) is 1. The van der Waals surface area contributed by atoms with E-state index >= 15 is 0 Å². The van der Waals surface area contributed by atoms with Crippen LogP contribution in [0.15, 0.2) is 0 Å². The fourth-order valence-electron chi connectivity index (χ4n) is 3.07. The number of nitrogens with one attached hydrogen (secondary N) is 1. The Morgan fingerprint density at radius 1 is 1.40 bits per heavy atom. The Bertz CT molecular complexity index is 307. The van der Waals surface area contributed by atoms with Crippen LogP contribution in [0.25, 0.3) is 0 Å². The quantitative estimate of drug-likeness (QED) is 0.754. The second-order valence-corrected chi connectivity index (χ2v) is 6.77. The van der Waals surface area contributed by atoms with Gasteiger partial charge in [0.2, 0.25) is 0 Å². The molecule has 1 rings (SSSR count). The lowest BCUT2D eigenvalue weighted by atomic mass is 9.89. The first kappa shape index (κ1) is 17.4. The van der Waals surface area contributed by atoms with Crippen LogP contribution in [0.4, 0.5) is 0 Å². The summed E-state index contributed by atoms with van der Waals surface area (Å²) in [5.41, 5.74) is -0.785. The summed E-state index contributed by atoms with van der Waals surface area (Å²) < 4.78 is 0. The predicted molar refractivity (Wildman–Crippen MR) is 83.0 cm³/mol. The van der Waals surface area contributed by atoms with E-state index in [1.165, 1.54) is 32.4 Å². The Hall–Kier alpha value is -0.610. The number of hydrogen-bond donors (Lipinski definition) is 2. The first-order valence-corrected chi connectivity index (χ1v) is 8.03. The molecule has 1 heterocycles. The number of rotatable bonds is 7. The highest BCUT2D eigenvalue weighted by Gasteiger charge is 2.30. The highest BCUT2D eigenvalue weighted by molar-refractivity contribution is 5.78. The molecule has 0 aromatic carbocycles. The number of likely N-dealkylation sites (N-methyl/N-ethyl adjacent to an activating group) is 1. The summed E-state index contributed by atoms with van der Waals surface area (Å²) in [4.78, 5) is 13.7. The lowest BCUT2D eigenvalue weighted by Crippen LogP contribution is -2.47. The van der Waals surface area contributed by atoms with Crippen LogP contribution < -0.4 is 5.32 Å². The molecule has 0 aromatic heterocycles. The van der Waals surface area contributed by atoms with E-state index in [9.17, 15) is 9.90 Å². The summed E-state index contributed by atoms with van der Waals surface area (Å²) in [6.07, 6.45) is 5.54. The zero-order chi connectivity index (χ0) is 15.2. The minimum Gasteiger partial charge on any atom is -0.480 e. The Balaban J connectivity index is 2.34. The van der Waals surface area contributed by atoms with Gasteiger partial charge < -0.3 is 15.3 Å². The molecule has 2 unspecified atom stereocenters. The summed E-state index contributed by atoms with van der Waals surface area (Å²) in [5, 5.41) is 12.2. The maximum atomic E-state index is 11.2. The van der Waals surface area contributed by atoms with Gasteiger partial charge in [-0.25, -0.2) is 0 Å². The molecule has 1 fully saturated rings. The Kier molecular flexibility index (Phi) is 6.96. The number of aliphatic carboxylic acids is 1. The van der Waals surface area contributed by atoms with Crippen molar-refractivity contribution >= 4 is 5.97 Å². The lowest BCUT2D eigenvalue weighted by Gasteiger charge is -2.26. The minimum atomic E-state index is -0.785. The molecular formula is C16H32N2O2. The van der Waals surface area contributed by atoms with Gasteiger partial charge >= 0.3 is 5.97 Å². The fraction of sp³-hybridized carbons (Fsp3) is 0.938. The van der Waals surface area contributed by atoms with Crippen molar-refractivity contribution in [3.05, 3.63) is 0 Å². The summed E-state index contributed by atoms with van der Waals surface area (Å²) in [6.45, 7) is 9.79. The van der Waals surface area contributed by atoms with Gasteiger partial charge in [0.1, 0.15) is 5.54 Å². The molecule has 4 heteroatoms. The first-order chi connectivity index (χ1) is 9.39. The Morgan fingerprint density at radius 2 is 2.10 bits per heavy atom. The van der Waals surface area contributed by atoms with Crippen LogP contribution in [0.2, 0.25) is 0 Å². The fourth-order valence-corrected chi connectivity index (χ4v) is 3.07. The zero-order valence-electron chi connectivity index (χ0n) is 13.6. The van der Waals surface area contributed by atoms with Gasteiger partial charge in [-0.1, -0.05) is 13.8 Å². The molecule has 0 bridgehead atoms. The molecule has 2 N–H and O–H groups in total. The van der Waals surface area contributed by atoms with Gasteiger partial charge in [-0.3, -0.25) is 4.79 Å². The molecule has 2 atom stereocenters. The SMILES string of the molecule is CNC(C)(CCCN1CCCC(C(C)C)CC1)C(=O)O. The van der Waals surface area contributed by atoms with Crippen LogP contribution >= 0.6 is 0 Å². The minimum absolute atomic E-state index is 0.683. The number of nitrogens with zero attached hydrogens (tertiary/aromatic N) is 1. The smallest absolute Gasteiger partial charge is 0.323 e. The van der Waals surface area contributed by atoms with Crippen LogP contribution in [0.5, 0.6) is 0 Å². The molecular weight excluding hydrogens is 252 g/mol. The second kappa shape index (κ2) is 7.99. The van der Waals surface area contributed by atoms with Gasteiger partial charge in [-0.15, -0.1) is 0 Å². The Labute approximate surface area is 123 Å². The molecule has 1 aliphatic heterocycles. The molecule has 118 valence electrons. The molecule has 1 saturated heterocycles. The molecule has 4 nitrogen and oxygen atoms in total. The van der Waals surface area contributed by atoms with Crippen molar-refractivity contribution in [1.82, 2.24) is 10.2 Å². The predicted octanol–water partition coefficient (Wildman–Crippen LogP) is 2.59. The zero-order valence-corrected chi connectivity index (χ0v) is 13.6. The van der Waals surface area contributed by atoms with Gasteiger partial charge in [0.25, 0.3) is 0 Å². The summed E-state index contributed by atoms with van der Waals surface area (Å²) >= 11 is 0. The van der Waals surface area contributed by atoms with E-state index < -0.39 is 11.5 Å². The third kappa shape index (κ3) is 5.06. The van der Waals surface area contributed by atoms with Crippen molar-refractivity contribution < 1.29 is 9.90 Å². The third-order valence-corrected chi connectivity index (χ3v) is 4.98. The van der Waals surface area contributed by atoms with E-state index in [1.54, 1.807) is 14.0 Å². The first-order valence-electron chi connectivity index (χ1n) is 8.03. The maximum absolute atomic E-state index is 11.2. The number of likely N-dealkylation sites (tertiary alicyclic amines) is 1. The van der Waals surface area contributed by atoms with Crippen molar-refractivity contribution in [2.75, 3.05) is 26.7 Å². The molecule has 0 spiro atoms. The van der Waals surface area contributed by atoms with Crippen LogP contribution in [0.1, 0.15) is 52.9 Å². The van der Waals surface area contributed by atoms with Crippen molar-refractivity contribution in [3.63, 3.8) is 0 Å². The number of hydrogen-bond acceptors (Lipinski definition) is 3. The molecule has 0 radical (unpaired) electrons. The topological polar surface area (TPSA) is 52.6 Å². The van der Waals surface area contributed by atoms with Crippen molar-refractivity contribution in [2.45, 2.75) is 58.4 Å². The van der Waals surface area contributed by atoms with E-state index in [-0.39, 0.29) is 0 Å². The summed E-state index contributed by atoms with van der Waals surface area (Å²) in [5.74, 6) is 0.895. The van der Waals surface area contributed by atoms with Crippen LogP contribution in [-0.4, -0.2) is 48.2 Å². The van der Waals surface area contributed by atoms with Crippen molar-refractivity contribution in [1.29, 1.82) is 0 Å². The van der Waals surface area contributed by atoms with Gasteiger partial charge in [0, 0.05) is 0 Å². The number of carboxylic acids is 1. The van der Waals surface area contributed by atoms with Gasteiger partial charge in [0.15, 0.2) is 0 Å². The average molecular weight is 284 g/mol. The highest BCUT2D eigenvalue weighted by Crippen LogP contribution is 2.24. The van der Waals surface area contributed by atoms with Crippen molar-refractivity contribution in [2.24, 2.45) is 11.8 Å². The Morgan fingerprint density at radius 3 is 2.65 bits per heavy atom. The monoisotopic (exact) mass is 284 g/mol. The largest absolute Gasteiger partial charge is 0.480 e. The van der Waals surface area contributed by atoms with E-state index in [4.69, 9.17) is 0 Å². The van der Waals surface area contributed by atoms with Gasteiger partial charge in [-0.2, -0.15) is 0 Å². The molecule has 0 amide bonds. The van der Waals surface area contributed by atoms with Crippen LogP contribution in [0, 0.1) is 11.8 Å². The molecule has 1 aliphatic rings. The average Bonchev–Trinajstić information content (AvgIpc) is 2.64. The van der Waals surface area contributed by atoms with Gasteiger partial charge in [0.05, 0.1) is 0 Å². The van der Waals surface area contributed by atoms with E-state index in [2.05, 4.69) is 24.1 Å². The standard InChI is InChI=1S/C16H32N2O2/c1-13(2)14-7-5-10-18(12-8-14)11-6-9-16(3,17-4)15(19)20/h13-14,17H,5-12H2,1-4H3,(H,19,20). The normalized spacial score (nSPS) is 24.4. The highest BCUT2D eigenvalue weighted by atomic mass is 16.4. The molecule has 0 saturated carbocycles. The second-order valence-electron chi connectivity index (χ2n) is 6.77.